The molecule has 20 heteroatoms. The van der Waals surface area contributed by atoms with Crippen LogP contribution in [0.5, 0.6) is 0 Å². The second kappa shape index (κ2) is 22.9. The molecule has 0 amide bonds. The zero-order valence-electron chi connectivity index (χ0n) is 38.0. The molecule has 368 valence electrons. The predicted octanol–water partition coefficient (Wildman–Crippen LogP) is 3.12. The van der Waals surface area contributed by atoms with Crippen molar-refractivity contribution in [3.63, 3.8) is 0 Å². The van der Waals surface area contributed by atoms with Gasteiger partial charge in [-0.05, 0) is 104 Å². The number of fused-ring (bicyclic) bond motifs is 4. The quantitative estimate of drug-likeness (QED) is 0.235. The van der Waals surface area contributed by atoms with E-state index in [0.29, 0.717) is 56.6 Å². The molecule has 2 atom stereocenters. The van der Waals surface area contributed by atoms with Gasteiger partial charge in [-0.25, -0.2) is 12.7 Å². The van der Waals surface area contributed by atoms with E-state index in [1.54, 1.807) is 37.2 Å². The molecular weight excluding hydrogens is 899 g/mol. The summed E-state index contributed by atoms with van der Waals surface area (Å²) in [6.45, 7) is 10.6. The largest absolute Gasteiger partial charge is 0.396 e. The van der Waals surface area contributed by atoms with Crippen LogP contribution in [0, 0.1) is 0 Å². The van der Waals surface area contributed by atoms with Crippen molar-refractivity contribution < 1.29 is 26.3 Å². The first-order valence-electron chi connectivity index (χ1n) is 23.0. The van der Waals surface area contributed by atoms with Crippen LogP contribution in [0.1, 0.15) is 58.8 Å². The Labute approximate surface area is 394 Å². The number of hydrogen-bond donors (Lipinski definition) is 3. The molecule has 17 nitrogen and oxygen atoms in total. The van der Waals surface area contributed by atoms with Crippen LogP contribution in [0.15, 0.2) is 55.4 Å². The Kier molecular flexibility index (Phi) is 17.9. The number of nitrogens with zero attached hydrogens (tertiary/aromatic N) is 8. The number of anilines is 6. The van der Waals surface area contributed by atoms with E-state index in [-0.39, 0.29) is 40.8 Å². The number of ether oxygens (including phenoxy) is 2. The molecule has 2 unspecified atom stereocenters. The molecule has 0 spiro atoms. The zero-order chi connectivity index (χ0) is 46.2. The van der Waals surface area contributed by atoms with Crippen LogP contribution in [0.3, 0.4) is 0 Å². The van der Waals surface area contributed by atoms with E-state index < -0.39 is 29.1 Å². The highest BCUT2D eigenvalue weighted by atomic mass is 32.2. The Morgan fingerprint density at radius 2 is 1.03 bits per heavy atom. The summed E-state index contributed by atoms with van der Waals surface area (Å²) in [5.74, 6) is 8.40. The lowest BCUT2D eigenvalue weighted by Gasteiger charge is -2.40. The lowest BCUT2D eigenvalue weighted by molar-refractivity contribution is 0.0428. The summed E-state index contributed by atoms with van der Waals surface area (Å²) in [4.78, 5) is 21.2. The number of sulfone groups is 1. The van der Waals surface area contributed by atoms with Crippen molar-refractivity contribution in [3.05, 3.63) is 55.4 Å². The highest BCUT2D eigenvalue weighted by Crippen LogP contribution is 2.33. The van der Waals surface area contributed by atoms with Crippen LogP contribution in [-0.4, -0.2) is 178 Å². The summed E-state index contributed by atoms with van der Waals surface area (Å²) in [5, 5.41) is 0.275. The van der Waals surface area contributed by atoms with Crippen LogP contribution in [0.25, 0.3) is 0 Å². The molecule has 7 aliphatic rings. The number of methoxy groups -OCH3 is 1. The van der Waals surface area contributed by atoms with Crippen molar-refractivity contribution in [1.82, 2.24) is 24.2 Å². The van der Waals surface area contributed by atoms with Gasteiger partial charge in [-0.2, -0.15) is 0 Å². The third-order valence-corrected chi connectivity index (χ3v) is 22.2. The molecule has 7 fully saturated rings. The average Bonchev–Trinajstić information content (AvgIpc) is 3.64. The van der Waals surface area contributed by atoms with Gasteiger partial charge in [0.1, 0.15) is 0 Å². The maximum absolute atomic E-state index is 13.7. The van der Waals surface area contributed by atoms with Crippen LogP contribution < -0.4 is 31.9 Å². The van der Waals surface area contributed by atoms with E-state index in [1.807, 2.05) is 18.2 Å². The first-order valence-corrected chi connectivity index (χ1v) is 28.3. The molecular formula is C46H75N11O6S3. The van der Waals surface area contributed by atoms with Crippen LogP contribution in [-0.2, 0) is 38.5 Å². The topological polar surface area (TPSA) is 220 Å². The van der Waals surface area contributed by atoms with Gasteiger partial charge in [0.25, 0.3) is 0 Å². The maximum Gasteiger partial charge on any atom is 0.155 e. The van der Waals surface area contributed by atoms with Crippen LogP contribution in [0.4, 0.5) is 34.1 Å². The molecule has 0 aromatic carbocycles. The van der Waals surface area contributed by atoms with Gasteiger partial charge in [0.15, 0.2) is 9.84 Å². The second-order valence-electron chi connectivity index (χ2n) is 18.1. The number of nitrogen functional groups attached to an aromatic ring is 3. The van der Waals surface area contributed by atoms with E-state index >= 15 is 0 Å². The van der Waals surface area contributed by atoms with Gasteiger partial charge in [0.05, 0.1) is 88.8 Å². The summed E-state index contributed by atoms with van der Waals surface area (Å²) >= 11 is 0. The van der Waals surface area contributed by atoms with Crippen LogP contribution >= 0.6 is 0 Å². The number of aromatic nitrogens is 3. The predicted molar refractivity (Wildman–Crippen MR) is 275 cm³/mol. The van der Waals surface area contributed by atoms with E-state index in [1.165, 1.54) is 7.11 Å². The third kappa shape index (κ3) is 12.2. The van der Waals surface area contributed by atoms with E-state index in [9.17, 15) is 16.8 Å². The number of nitrogens with two attached hydrogens (primary N) is 3. The minimum atomic E-state index is -3.06. The van der Waals surface area contributed by atoms with Crippen LogP contribution in [0.2, 0.25) is 0 Å². The lowest BCUT2D eigenvalue weighted by Crippen LogP contribution is -2.49. The summed E-state index contributed by atoms with van der Waals surface area (Å²) in [5.41, 5.74) is 23.0. The average molecular weight is 974 g/mol. The molecule has 10 heterocycles. The van der Waals surface area contributed by atoms with Crippen molar-refractivity contribution in [3.8, 4) is 0 Å². The fraction of sp³-hybridized carbons (Fsp3) is 0.630. The molecule has 3 aromatic heterocycles. The Morgan fingerprint density at radius 1 is 0.606 bits per heavy atom. The van der Waals surface area contributed by atoms with E-state index in [0.717, 1.165) is 114 Å². The molecule has 0 saturated carbocycles. The van der Waals surface area contributed by atoms with Gasteiger partial charge < -0.3 is 46.3 Å². The standard InChI is InChI=1S/C18H29N5OS.C14H21N3O2S.C13H21N3O3S.CH4/c1-25(24,23-13-12-21-8-3-15(23)4-9-21)16-5-10-22(11-6-16)18-2-7-20-14-17(18)19;1-20(18,12-9-19-10-12)11-3-6-17(7-4-11)14-2-5-16-8-13(14)15;1-19-8-9-20(17,18)11-3-6-16(7-4-11)13-2-5-15-10-12(13)14;/h2,7,14-16H,1,3-6,8-13,19H2;2,5,8,11-12H,1,3-4,6-7,9-10,15H2;2,5,10-11H,3-4,6-9,14H2,1H3;1H4. The number of rotatable bonds is 11. The Balaban J connectivity index is 0.000000164. The van der Waals surface area contributed by atoms with Gasteiger partial charge in [0, 0.05) is 104 Å². The summed E-state index contributed by atoms with van der Waals surface area (Å²) in [6, 6.07) is 6.24. The molecule has 66 heavy (non-hydrogen) atoms. The van der Waals surface area contributed by atoms with Gasteiger partial charge in [-0.15, -0.1) is 0 Å². The van der Waals surface area contributed by atoms with E-state index in [4.69, 9.17) is 26.7 Å². The Morgan fingerprint density at radius 3 is 1.42 bits per heavy atom. The highest BCUT2D eigenvalue weighted by molar-refractivity contribution is 8.01. The summed E-state index contributed by atoms with van der Waals surface area (Å²) in [6.07, 6.45) is 17.4. The Bertz CT molecular complexity index is 2340. The summed E-state index contributed by atoms with van der Waals surface area (Å²) < 4.78 is 63.0. The van der Waals surface area contributed by atoms with Crippen molar-refractivity contribution in [2.45, 2.75) is 85.8 Å². The molecule has 7 aliphatic heterocycles. The molecule has 3 aromatic rings. The first kappa shape index (κ1) is 51.5. The zero-order valence-corrected chi connectivity index (χ0v) is 40.5. The van der Waals surface area contributed by atoms with Crippen molar-refractivity contribution >= 4 is 74.9 Å². The number of pyridine rings is 3. The second-order valence-corrected chi connectivity index (χ2v) is 25.9. The molecule has 0 aliphatic carbocycles. The fourth-order valence-corrected chi connectivity index (χ4v) is 16.3. The molecule has 2 bridgehead atoms. The summed E-state index contributed by atoms with van der Waals surface area (Å²) in [7, 11) is -5.80. The van der Waals surface area contributed by atoms with Gasteiger partial charge in [0.2, 0.25) is 0 Å². The molecule has 0 radical (unpaired) electrons. The molecule has 7 saturated heterocycles. The SMILES string of the molecule is C.C=S(=O)(C1CCN(c2ccncc2N)CC1)C1COC1.C=S(=O)(C1CCN(c2ccncc2N)CC1)N1CCN2CCC1CC2.COCCS(=O)(=O)C1CCN(c2ccncc2N)CC1. The van der Waals surface area contributed by atoms with Crippen molar-refractivity contribution in [1.29, 1.82) is 0 Å². The monoisotopic (exact) mass is 974 g/mol. The smallest absolute Gasteiger partial charge is 0.155 e. The highest BCUT2D eigenvalue weighted by Gasteiger charge is 2.39. The van der Waals surface area contributed by atoms with Gasteiger partial charge in [-0.3, -0.25) is 23.4 Å². The first-order chi connectivity index (χ1) is 31.2. The maximum atomic E-state index is 13.7. The van der Waals surface area contributed by atoms with Crippen molar-refractivity contribution in [2.24, 2.45) is 0 Å². The molecule has 6 N–H and O–H groups in total. The lowest BCUT2D eigenvalue weighted by atomic mass is 10.1. The molecule has 10 rings (SSSR count). The van der Waals surface area contributed by atoms with Crippen molar-refractivity contribution in [2.75, 3.05) is 130 Å². The third-order valence-electron chi connectivity index (χ3n) is 14.2. The van der Waals surface area contributed by atoms with E-state index in [2.05, 4.69) is 50.6 Å². The van der Waals surface area contributed by atoms with Gasteiger partial charge in [-0.1, -0.05) is 7.43 Å². The Hall–Kier alpha value is -3.92. The fourth-order valence-electron chi connectivity index (χ4n) is 10.0. The number of hydrogen-bond acceptors (Lipinski definition) is 16. The minimum absolute atomic E-state index is 0. The van der Waals surface area contributed by atoms with Gasteiger partial charge >= 0.3 is 0 Å². The number of piperidine rings is 4. The minimum Gasteiger partial charge on any atom is -0.396 e. The normalized spacial score (nSPS) is 24.2.